The lowest BCUT2D eigenvalue weighted by Gasteiger charge is -2.19. The van der Waals surface area contributed by atoms with Crippen molar-refractivity contribution in [3.05, 3.63) is 16.4 Å². The second kappa shape index (κ2) is 6.83. The van der Waals surface area contributed by atoms with E-state index in [1.54, 1.807) is 13.8 Å². The number of aryl methyl sites for hydroxylation is 1. The molecule has 0 saturated carbocycles. The molecule has 112 valence electrons. The van der Waals surface area contributed by atoms with E-state index in [0.717, 1.165) is 5.56 Å². The monoisotopic (exact) mass is 298 g/mol. The predicted octanol–water partition coefficient (Wildman–Crippen LogP) is 2.88. The van der Waals surface area contributed by atoms with Gasteiger partial charge < -0.3 is 9.53 Å². The van der Waals surface area contributed by atoms with Crippen molar-refractivity contribution in [2.75, 3.05) is 6.61 Å². The molecule has 0 aromatic carbocycles. The summed E-state index contributed by atoms with van der Waals surface area (Å²) in [4.78, 5) is 26.6. The van der Waals surface area contributed by atoms with Gasteiger partial charge in [-0.25, -0.2) is 4.79 Å². The van der Waals surface area contributed by atoms with Gasteiger partial charge in [-0.05, 0) is 52.6 Å². The highest BCUT2D eigenvalue weighted by molar-refractivity contribution is 7.04. The van der Waals surface area contributed by atoms with E-state index in [-0.39, 0.29) is 11.3 Å². The molecule has 1 aromatic heterocycles. The first-order valence-electron chi connectivity index (χ1n) is 6.67. The molecule has 6 heteroatoms. The van der Waals surface area contributed by atoms with Gasteiger partial charge in [0.05, 0.1) is 6.61 Å². The number of carbonyl (C=O) groups excluding carboxylic acids is 2. The minimum Gasteiger partial charge on any atom is -0.448 e. The van der Waals surface area contributed by atoms with E-state index in [1.807, 2.05) is 10.2 Å². The summed E-state index contributed by atoms with van der Waals surface area (Å²) in [7, 11) is 0. The minimum atomic E-state index is -0.584. The fourth-order valence-corrected chi connectivity index (χ4v) is 2.55. The number of aromatic nitrogens is 1. The van der Waals surface area contributed by atoms with Crippen LogP contribution < -0.4 is 4.67 Å². The lowest BCUT2D eigenvalue weighted by Crippen LogP contribution is -2.18. The Bertz CT molecular complexity index is 550. The van der Waals surface area contributed by atoms with Crippen molar-refractivity contribution >= 4 is 23.4 Å². The van der Waals surface area contributed by atoms with Crippen molar-refractivity contribution in [3.8, 4) is 0 Å². The number of ether oxygens (including phenoxy) is 1. The van der Waals surface area contributed by atoms with Crippen LogP contribution in [0.15, 0.2) is 11.2 Å². The molecule has 0 saturated heterocycles. The van der Waals surface area contributed by atoms with E-state index in [4.69, 9.17) is 4.74 Å². The van der Waals surface area contributed by atoms with E-state index in [2.05, 4.69) is 25.8 Å². The van der Waals surface area contributed by atoms with Crippen molar-refractivity contribution in [1.82, 2.24) is 3.96 Å². The molecular weight excluding hydrogens is 276 g/mol. The highest BCUT2D eigenvalue weighted by atomic mass is 32.1. The molecule has 0 N–H and O–H groups in total. The first-order valence-corrected chi connectivity index (χ1v) is 7.44. The van der Waals surface area contributed by atoms with Crippen molar-refractivity contribution in [2.24, 2.45) is 4.99 Å². The Balaban J connectivity index is 3.15. The molecule has 0 unspecified atom stereocenters. The van der Waals surface area contributed by atoms with Crippen LogP contribution in [0.5, 0.6) is 0 Å². The van der Waals surface area contributed by atoms with Crippen LogP contribution in [0.3, 0.4) is 0 Å². The third kappa shape index (κ3) is 4.92. The van der Waals surface area contributed by atoms with Crippen LogP contribution in [0, 0.1) is 0 Å². The number of rotatable bonds is 4. The van der Waals surface area contributed by atoms with Gasteiger partial charge in [0.15, 0.2) is 0 Å². The molecule has 0 radical (unpaired) electrons. The average molecular weight is 298 g/mol. The zero-order valence-electron chi connectivity index (χ0n) is 12.7. The summed E-state index contributed by atoms with van der Waals surface area (Å²) in [5.74, 6) is 0.126. The molecule has 0 aliphatic rings. The maximum atomic E-state index is 11.5. The van der Waals surface area contributed by atoms with Gasteiger partial charge in [0.2, 0.25) is 0 Å². The van der Waals surface area contributed by atoms with E-state index in [9.17, 15) is 9.59 Å². The summed E-state index contributed by atoms with van der Waals surface area (Å²) < 4.78 is 7.51. The number of carbonyl (C=O) groups is 2. The Hall–Kier alpha value is -1.43. The minimum absolute atomic E-state index is 0.0852. The Kier molecular flexibility index (Phi) is 5.68. The second-order valence-corrected chi connectivity index (χ2v) is 6.52. The summed E-state index contributed by atoms with van der Waals surface area (Å²) in [6, 6.07) is 0. The van der Waals surface area contributed by atoms with Crippen LogP contribution in [-0.4, -0.2) is 22.4 Å². The fourth-order valence-electron chi connectivity index (χ4n) is 1.52. The summed E-state index contributed by atoms with van der Waals surface area (Å²) in [6.45, 7) is 9.83. The summed E-state index contributed by atoms with van der Waals surface area (Å²) >= 11 is 1.41. The highest BCUT2D eigenvalue weighted by Crippen LogP contribution is 2.17. The Labute approximate surface area is 123 Å². The van der Waals surface area contributed by atoms with Crippen LogP contribution in [-0.2, 0) is 21.5 Å². The Morgan fingerprint density at radius 1 is 1.40 bits per heavy atom. The molecule has 1 heterocycles. The van der Waals surface area contributed by atoms with Gasteiger partial charge in [-0.1, -0.05) is 0 Å². The molecule has 20 heavy (non-hydrogen) atoms. The first-order chi connectivity index (χ1) is 9.24. The lowest BCUT2D eigenvalue weighted by atomic mass is 10.1. The van der Waals surface area contributed by atoms with Gasteiger partial charge in [-0.15, -0.1) is 0 Å². The van der Waals surface area contributed by atoms with Crippen molar-refractivity contribution < 1.29 is 14.3 Å². The number of nitrogens with zero attached hydrogens (tertiary/aromatic N) is 2. The zero-order chi connectivity index (χ0) is 15.3. The fraction of sp³-hybridized carbons (Fsp3) is 0.643. The molecule has 0 bridgehead atoms. The molecule has 0 spiro atoms. The summed E-state index contributed by atoms with van der Waals surface area (Å²) in [5.41, 5.74) is 0.825. The van der Waals surface area contributed by atoms with Gasteiger partial charge in [-0.2, -0.15) is 4.99 Å². The Morgan fingerprint density at radius 2 is 2.05 bits per heavy atom. The third-order valence-corrected chi connectivity index (χ3v) is 3.98. The molecule has 0 atom stereocenters. The average Bonchev–Trinajstić information content (AvgIpc) is 2.69. The summed E-state index contributed by atoms with van der Waals surface area (Å²) in [6.07, 6.45) is 2.42. The van der Waals surface area contributed by atoms with E-state index < -0.39 is 6.09 Å². The van der Waals surface area contributed by atoms with Gasteiger partial charge >= 0.3 is 6.09 Å². The van der Waals surface area contributed by atoms with Gasteiger partial charge in [-0.3, -0.25) is 3.96 Å². The molecule has 0 aliphatic heterocycles. The lowest BCUT2D eigenvalue weighted by molar-refractivity contribution is -0.116. The zero-order valence-corrected chi connectivity index (χ0v) is 13.5. The topological polar surface area (TPSA) is 60.7 Å². The summed E-state index contributed by atoms with van der Waals surface area (Å²) in [5, 5.41) is 0. The quantitative estimate of drug-likeness (QED) is 0.858. The van der Waals surface area contributed by atoms with E-state index in [0.29, 0.717) is 24.1 Å². The second-order valence-electron chi connectivity index (χ2n) is 5.56. The van der Waals surface area contributed by atoms with E-state index >= 15 is 0 Å². The van der Waals surface area contributed by atoms with Crippen molar-refractivity contribution in [2.45, 2.75) is 53.0 Å². The first kappa shape index (κ1) is 16.6. The third-order valence-electron chi connectivity index (χ3n) is 2.60. The van der Waals surface area contributed by atoms with Crippen LogP contribution >= 0.6 is 11.5 Å². The molecule has 1 rings (SSSR count). The highest BCUT2D eigenvalue weighted by Gasteiger charge is 2.16. The molecule has 1 aromatic rings. The van der Waals surface area contributed by atoms with Crippen molar-refractivity contribution in [1.29, 1.82) is 0 Å². The normalized spacial score (nSPS) is 12.6. The number of hydrogen-bond acceptors (Lipinski definition) is 4. The molecular formula is C14H22N2O3S. The standard InChI is InChI=1S/C14H22N2O3S/c1-6-19-13(18)15-12-11(8-7-10(2)17)9-16(20-12)14(3,4)5/h9H,6-8H2,1-5H3/b15-12-. The van der Waals surface area contributed by atoms with E-state index in [1.165, 1.54) is 11.5 Å². The number of Topliss-reactive ketones (excluding diaryl/α,β-unsaturated/α-hetero) is 1. The maximum Gasteiger partial charge on any atom is 0.434 e. The van der Waals surface area contributed by atoms with Gasteiger partial charge in [0, 0.05) is 23.7 Å². The molecule has 1 amide bonds. The largest absolute Gasteiger partial charge is 0.448 e. The number of hydrogen-bond donors (Lipinski definition) is 0. The maximum absolute atomic E-state index is 11.5. The number of amides is 1. The van der Waals surface area contributed by atoms with Crippen LogP contribution in [0.4, 0.5) is 4.79 Å². The smallest absolute Gasteiger partial charge is 0.434 e. The van der Waals surface area contributed by atoms with Crippen LogP contribution in [0.25, 0.3) is 0 Å². The van der Waals surface area contributed by atoms with Crippen LogP contribution in [0.2, 0.25) is 0 Å². The Morgan fingerprint density at radius 3 is 2.55 bits per heavy atom. The molecule has 5 nitrogen and oxygen atoms in total. The molecule has 0 fully saturated rings. The van der Waals surface area contributed by atoms with Gasteiger partial charge in [0.1, 0.15) is 10.5 Å². The predicted molar refractivity (Wildman–Crippen MR) is 78.9 cm³/mol. The van der Waals surface area contributed by atoms with Gasteiger partial charge in [0.25, 0.3) is 0 Å². The number of ketones is 1. The van der Waals surface area contributed by atoms with Crippen molar-refractivity contribution in [3.63, 3.8) is 0 Å². The van der Waals surface area contributed by atoms with Crippen LogP contribution in [0.1, 0.15) is 46.6 Å². The molecule has 0 aliphatic carbocycles. The SMILES string of the molecule is CCOC(=O)/N=c1\sn(C(C)(C)C)cc1CCC(C)=O.